The molecule has 1 aromatic carbocycles. The summed E-state index contributed by atoms with van der Waals surface area (Å²) < 4.78 is 10.5. The summed E-state index contributed by atoms with van der Waals surface area (Å²) in [6.45, 7) is 7.08. The molecule has 0 amide bonds. The Labute approximate surface area is 122 Å². The molecule has 4 heteroatoms. The van der Waals surface area contributed by atoms with Gasteiger partial charge in [0.25, 0.3) is 0 Å². The molecule has 2 N–H and O–H groups in total. The van der Waals surface area contributed by atoms with Crippen molar-refractivity contribution in [3.63, 3.8) is 0 Å². The lowest BCUT2D eigenvalue weighted by Gasteiger charge is -2.36. The summed E-state index contributed by atoms with van der Waals surface area (Å²) in [5.74, 6) is 0. The van der Waals surface area contributed by atoms with Gasteiger partial charge in [-0.1, -0.05) is 29.8 Å². The fourth-order valence-electron chi connectivity index (χ4n) is 2.56. The van der Waals surface area contributed by atoms with Crippen molar-refractivity contribution in [1.29, 1.82) is 0 Å². The Morgan fingerprint density at radius 2 is 2.00 bits per heavy atom. The van der Waals surface area contributed by atoms with Crippen LogP contribution in [0.15, 0.2) is 24.3 Å². The molecule has 0 aliphatic rings. The normalized spacial score (nSPS) is 14.5. The summed E-state index contributed by atoms with van der Waals surface area (Å²) in [6.07, 6.45) is 0. The average Bonchev–Trinajstić information content (AvgIpc) is 2.43. The van der Waals surface area contributed by atoms with Crippen LogP contribution >= 0.6 is 0 Å². The van der Waals surface area contributed by atoms with E-state index in [9.17, 15) is 0 Å². The average molecular weight is 280 g/mol. The van der Waals surface area contributed by atoms with E-state index >= 15 is 0 Å². The molecule has 0 heterocycles. The Kier molecular flexibility index (Phi) is 7.77. The maximum Gasteiger partial charge on any atom is 0.0615 e. The van der Waals surface area contributed by atoms with Crippen LogP contribution in [0.25, 0.3) is 0 Å². The number of methoxy groups -OCH3 is 2. The lowest BCUT2D eigenvalue weighted by Crippen LogP contribution is -2.44. The third-order valence-electron chi connectivity index (χ3n) is 3.58. The SMILES string of the molecule is COCCN(C(C)COC)C(CN)c1cccc(C)c1. The van der Waals surface area contributed by atoms with Gasteiger partial charge >= 0.3 is 0 Å². The van der Waals surface area contributed by atoms with Crippen LogP contribution in [-0.4, -0.2) is 51.5 Å². The van der Waals surface area contributed by atoms with Crippen molar-refractivity contribution in [3.05, 3.63) is 35.4 Å². The highest BCUT2D eigenvalue weighted by molar-refractivity contribution is 5.25. The molecule has 0 radical (unpaired) electrons. The van der Waals surface area contributed by atoms with Crippen LogP contribution in [0.2, 0.25) is 0 Å². The van der Waals surface area contributed by atoms with Gasteiger partial charge in [-0.25, -0.2) is 0 Å². The fourth-order valence-corrected chi connectivity index (χ4v) is 2.56. The Balaban J connectivity index is 2.94. The monoisotopic (exact) mass is 280 g/mol. The van der Waals surface area contributed by atoms with Crippen molar-refractivity contribution in [1.82, 2.24) is 4.90 Å². The van der Waals surface area contributed by atoms with Crippen LogP contribution in [0.5, 0.6) is 0 Å². The zero-order chi connectivity index (χ0) is 15.0. The van der Waals surface area contributed by atoms with Gasteiger partial charge < -0.3 is 15.2 Å². The number of nitrogens with two attached hydrogens (primary N) is 1. The Hall–Kier alpha value is -0.940. The Bertz CT molecular complexity index is 384. The van der Waals surface area contributed by atoms with Crippen molar-refractivity contribution in [2.75, 3.05) is 40.5 Å². The lowest BCUT2D eigenvalue weighted by molar-refractivity contribution is 0.0487. The van der Waals surface area contributed by atoms with Crippen molar-refractivity contribution in [3.8, 4) is 0 Å². The molecule has 1 rings (SSSR count). The van der Waals surface area contributed by atoms with Gasteiger partial charge in [-0.15, -0.1) is 0 Å². The molecule has 0 aliphatic carbocycles. The number of rotatable bonds is 9. The molecule has 2 unspecified atom stereocenters. The summed E-state index contributed by atoms with van der Waals surface area (Å²) in [5, 5.41) is 0. The topological polar surface area (TPSA) is 47.7 Å². The van der Waals surface area contributed by atoms with Crippen LogP contribution < -0.4 is 5.73 Å². The highest BCUT2D eigenvalue weighted by Gasteiger charge is 2.23. The molecule has 0 fully saturated rings. The van der Waals surface area contributed by atoms with E-state index in [2.05, 4.69) is 43.0 Å². The predicted octanol–water partition coefficient (Wildman–Crippen LogP) is 1.98. The molecule has 0 aromatic heterocycles. The molecule has 0 bridgehead atoms. The van der Waals surface area contributed by atoms with Crippen LogP contribution in [-0.2, 0) is 9.47 Å². The van der Waals surface area contributed by atoms with E-state index in [-0.39, 0.29) is 6.04 Å². The standard InChI is InChI=1S/C16H28N2O2/c1-13-6-5-7-15(10-13)16(11-17)18(8-9-19-3)14(2)12-20-4/h5-7,10,14,16H,8-9,11-12,17H2,1-4H3. The number of ether oxygens (including phenoxy) is 2. The molecule has 114 valence electrons. The summed E-state index contributed by atoms with van der Waals surface area (Å²) in [5.41, 5.74) is 8.55. The fraction of sp³-hybridized carbons (Fsp3) is 0.625. The van der Waals surface area contributed by atoms with E-state index in [0.29, 0.717) is 25.8 Å². The van der Waals surface area contributed by atoms with Crippen LogP contribution in [0.4, 0.5) is 0 Å². The van der Waals surface area contributed by atoms with Gasteiger partial charge in [0, 0.05) is 39.4 Å². The highest BCUT2D eigenvalue weighted by atomic mass is 16.5. The molecule has 2 atom stereocenters. The van der Waals surface area contributed by atoms with Gasteiger partial charge in [0.1, 0.15) is 0 Å². The number of benzene rings is 1. The van der Waals surface area contributed by atoms with E-state index in [1.54, 1.807) is 14.2 Å². The minimum absolute atomic E-state index is 0.190. The first-order valence-electron chi connectivity index (χ1n) is 7.14. The number of hydrogen-bond acceptors (Lipinski definition) is 4. The summed E-state index contributed by atoms with van der Waals surface area (Å²) in [7, 11) is 3.46. The second kappa shape index (κ2) is 9.08. The van der Waals surface area contributed by atoms with E-state index in [4.69, 9.17) is 15.2 Å². The minimum atomic E-state index is 0.190. The number of nitrogens with zero attached hydrogens (tertiary/aromatic N) is 1. The zero-order valence-corrected chi connectivity index (χ0v) is 13.1. The largest absolute Gasteiger partial charge is 0.383 e. The molecule has 0 saturated heterocycles. The molecule has 0 aliphatic heterocycles. The second-order valence-electron chi connectivity index (χ2n) is 5.20. The Morgan fingerprint density at radius 3 is 2.55 bits per heavy atom. The first-order valence-corrected chi connectivity index (χ1v) is 7.14. The maximum absolute atomic E-state index is 6.04. The van der Waals surface area contributed by atoms with Gasteiger partial charge in [0.05, 0.1) is 13.2 Å². The van der Waals surface area contributed by atoms with Crippen molar-refractivity contribution in [2.45, 2.75) is 25.9 Å². The number of hydrogen-bond donors (Lipinski definition) is 1. The highest BCUT2D eigenvalue weighted by Crippen LogP contribution is 2.23. The minimum Gasteiger partial charge on any atom is -0.383 e. The molecular weight excluding hydrogens is 252 g/mol. The molecule has 1 aromatic rings. The molecule has 0 spiro atoms. The molecule has 4 nitrogen and oxygen atoms in total. The van der Waals surface area contributed by atoms with Crippen molar-refractivity contribution >= 4 is 0 Å². The smallest absolute Gasteiger partial charge is 0.0615 e. The van der Waals surface area contributed by atoms with E-state index in [0.717, 1.165) is 6.54 Å². The first-order chi connectivity index (χ1) is 9.63. The molecule has 20 heavy (non-hydrogen) atoms. The van der Waals surface area contributed by atoms with E-state index in [1.165, 1.54) is 11.1 Å². The molecule has 0 saturated carbocycles. The van der Waals surface area contributed by atoms with Crippen LogP contribution in [0.1, 0.15) is 24.1 Å². The third-order valence-corrected chi connectivity index (χ3v) is 3.58. The van der Waals surface area contributed by atoms with Gasteiger partial charge in [-0.3, -0.25) is 4.90 Å². The summed E-state index contributed by atoms with van der Waals surface area (Å²) >= 11 is 0. The zero-order valence-electron chi connectivity index (χ0n) is 13.1. The predicted molar refractivity (Wildman–Crippen MR) is 82.9 cm³/mol. The maximum atomic E-state index is 6.04. The van der Waals surface area contributed by atoms with Gasteiger partial charge in [-0.05, 0) is 19.4 Å². The second-order valence-corrected chi connectivity index (χ2v) is 5.20. The first kappa shape index (κ1) is 17.1. The van der Waals surface area contributed by atoms with Gasteiger partial charge in [0.15, 0.2) is 0 Å². The summed E-state index contributed by atoms with van der Waals surface area (Å²) in [4.78, 5) is 2.36. The van der Waals surface area contributed by atoms with Gasteiger partial charge in [-0.2, -0.15) is 0 Å². The van der Waals surface area contributed by atoms with Crippen LogP contribution in [0.3, 0.4) is 0 Å². The van der Waals surface area contributed by atoms with Gasteiger partial charge in [0.2, 0.25) is 0 Å². The quantitative estimate of drug-likeness (QED) is 0.751. The number of aryl methyl sites for hydroxylation is 1. The van der Waals surface area contributed by atoms with E-state index in [1.807, 2.05) is 0 Å². The van der Waals surface area contributed by atoms with Crippen LogP contribution in [0, 0.1) is 6.92 Å². The lowest BCUT2D eigenvalue weighted by atomic mass is 10.0. The third kappa shape index (κ3) is 4.87. The Morgan fingerprint density at radius 1 is 1.25 bits per heavy atom. The summed E-state index contributed by atoms with van der Waals surface area (Å²) in [6, 6.07) is 9.03. The molecular formula is C16H28N2O2. The van der Waals surface area contributed by atoms with E-state index < -0.39 is 0 Å². The van der Waals surface area contributed by atoms with Crippen molar-refractivity contribution in [2.24, 2.45) is 5.73 Å². The van der Waals surface area contributed by atoms with Crippen molar-refractivity contribution < 1.29 is 9.47 Å².